The molecule has 1 aliphatic rings. The van der Waals surface area contributed by atoms with Crippen LogP contribution in [0.5, 0.6) is 5.75 Å². The lowest BCUT2D eigenvalue weighted by atomic mass is 10.0. The Morgan fingerprint density at radius 3 is 2.52 bits per heavy atom. The summed E-state index contributed by atoms with van der Waals surface area (Å²) in [6.45, 7) is 0. The number of hydrogen-bond acceptors (Lipinski definition) is 5. The number of amides is 3. The van der Waals surface area contributed by atoms with Gasteiger partial charge in [-0.1, -0.05) is 0 Å². The molecule has 2 atom stereocenters. The van der Waals surface area contributed by atoms with Crippen LogP contribution in [0.15, 0.2) is 18.2 Å². The Morgan fingerprint density at radius 2 is 2.05 bits per heavy atom. The predicted molar refractivity (Wildman–Crippen MR) is 68.9 cm³/mol. The highest BCUT2D eigenvalue weighted by Gasteiger charge is 2.49. The van der Waals surface area contributed by atoms with Gasteiger partial charge in [0.25, 0.3) is 5.91 Å². The summed E-state index contributed by atoms with van der Waals surface area (Å²) in [5, 5.41) is 11.8. The number of likely N-dealkylation sites (tertiary alicyclic amines) is 1. The Kier molecular flexibility index (Phi) is 3.90. The van der Waals surface area contributed by atoms with Crippen molar-refractivity contribution < 1.29 is 28.6 Å². The van der Waals surface area contributed by atoms with Crippen LogP contribution < -0.4 is 10.1 Å². The maximum absolute atomic E-state index is 13.7. The average Bonchev–Trinajstić information content (AvgIpc) is 2.65. The van der Waals surface area contributed by atoms with E-state index in [0.29, 0.717) is 4.90 Å². The van der Waals surface area contributed by atoms with Crippen molar-refractivity contribution >= 4 is 23.4 Å². The molecule has 112 valence electrons. The molecule has 1 aromatic carbocycles. The smallest absolute Gasteiger partial charge is 0.259 e. The van der Waals surface area contributed by atoms with E-state index in [9.17, 15) is 23.9 Å². The first-order valence-corrected chi connectivity index (χ1v) is 6.00. The topological polar surface area (TPSA) is 95.9 Å². The van der Waals surface area contributed by atoms with Crippen LogP contribution in [0.2, 0.25) is 0 Å². The third kappa shape index (κ3) is 2.57. The van der Waals surface area contributed by atoms with E-state index in [1.807, 2.05) is 0 Å². The highest BCUT2D eigenvalue weighted by molar-refractivity contribution is 6.18. The number of aliphatic hydroxyl groups excluding tert-OH is 1. The second-order valence-corrected chi connectivity index (χ2v) is 4.49. The molecule has 1 aromatic rings. The normalized spacial score (nSPS) is 21.6. The van der Waals surface area contributed by atoms with Gasteiger partial charge in [0, 0.05) is 13.1 Å². The minimum atomic E-state index is -1.76. The number of carbonyl (C=O) groups excluding carboxylic acids is 3. The molecule has 0 aromatic heterocycles. The lowest BCUT2D eigenvalue weighted by Crippen LogP contribution is -2.35. The number of nitrogens with zero attached hydrogens (tertiary/aromatic N) is 1. The first-order chi connectivity index (χ1) is 9.86. The van der Waals surface area contributed by atoms with Gasteiger partial charge in [0.1, 0.15) is 11.6 Å². The molecule has 2 unspecified atom stereocenters. The molecule has 7 nitrogen and oxygen atoms in total. The number of aliphatic hydroxyl groups is 1. The number of anilines is 1. The molecule has 0 spiro atoms. The molecule has 0 aliphatic carbocycles. The number of imide groups is 1. The van der Waals surface area contributed by atoms with Crippen LogP contribution in [0.4, 0.5) is 10.1 Å². The minimum absolute atomic E-state index is 0.178. The van der Waals surface area contributed by atoms with E-state index in [2.05, 4.69) is 5.32 Å². The molecule has 8 heteroatoms. The van der Waals surface area contributed by atoms with Crippen LogP contribution in [0.3, 0.4) is 0 Å². The second-order valence-electron chi connectivity index (χ2n) is 4.49. The van der Waals surface area contributed by atoms with E-state index in [4.69, 9.17) is 4.74 Å². The molecule has 0 bridgehead atoms. The summed E-state index contributed by atoms with van der Waals surface area (Å²) in [5.74, 6) is -4.73. The van der Waals surface area contributed by atoms with E-state index >= 15 is 0 Å². The first-order valence-electron chi connectivity index (χ1n) is 6.00. The highest BCUT2D eigenvalue weighted by atomic mass is 19.1. The van der Waals surface area contributed by atoms with Gasteiger partial charge in [-0.3, -0.25) is 19.3 Å². The Hall–Kier alpha value is -2.48. The molecular formula is C13H13FN2O5. The minimum Gasteiger partial charge on any atom is -0.497 e. The zero-order valence-corrected chi connectivity index (χ0v) is 11.3. The van der Waals surface area contributed by atoms with Gasteiger partial charge in [0.15, 0.2) is 12.0 Å². The van der Waals surface area contributed by atoms with Gasteiger partial charge in [-0.25, -0.2) is 4.39 Å². The van der Waals surface area contributed by atoms with E-state index in [0.717, 1.165) is 13.1 Å². The predicted octanol–water partition coefficient (Wildman–Crippen LogP) is -0.252. The van der Waals surface area contributed by atoms with E-state index < -0.39 is 35.6 Å². The standard InChI is InChI=1S/C13H13FN2O5/c1-16-12(19)9(10(17)13(16)20)11(18)15-8-4-3-6(21-2)5-7(8)14/h3-5,9-10,17H,1-2H3,(H,15,18). The molecule has 0 radical (unpaired) electrons. The zero-order valence-electron chi connectivity index (χ0n) is 11.3. The Bertz CT molecular complexity index is 619. The quantitative estimate of drug-likeness (QED) is 0.592. The van der Waals surface area contributed by atoms with Crippen molar-refractivity contribution in [1.29, 1.82) is 0 Å². The van der Waals surface area contributed by atoms with Gasteiger partial charge in [-0.05, 0) is 12.1 Å². The summed E-state index contributed by atoms with van der Waals surface area (Å²) in [7, 11) is 2.52. The van der Waals surface area contributed by atoms with Gasteiger partial charge >= 0.3 is 0 Å². The molecule has 1 saturated heterocycles. The summed E-state index contributed by atoms with van der Waals surface area (Å²) in [6, 6.07) is 3.73. The number of nitrogens with one attached hydrogen (secondary N) is 1. The molecule has 1 aliphatic heterocycles. The maximum atomic E-state index is 13.7. The molecule has 0 saturated carbocycles. The van der Waals surface area contributed by atoms with Crippen molar-refractivity contribution in [3.63, 3.8) is 0 Å². The SMILES string of the molecule is COc1ccc(NC(=O)C2C(=O)N(C)C(=O)C2O)c(F)c1. The lowest BCUT2D eigenvalue weighted by molar-refractivity contribution is -0.139. The van der Waals surface area contributed by atoms with Crippen LogP contribution in [0, 0.1) is 11.7 Å². The van der Waals surface area contributed by atoms with Gasteiger partial charge in [-0.15, -0.1) is 0 Å². The van der Waals surface area contributed by atoms with Crippen LogP contribution in [-0.2, 0) is 14.4 Å². The van der Waals surface area contributed by atoms with Crippen molar-refractivity contribution in [3.05, 3.63) is 24.0 Å². The third-order valence-electron chi connectivity index (χ3n) is 3.21. The molecule has 1 fully saturated rings. The average molecular weight is 296 g/mol. The van der Waals surface area contributed by atoms with Crippen LogP contribution in [0.1, 0.15) is 0 Å². The fourth-order valence-electron chi connectivity index (χ4n) is 1.98. The largest absolute Gasteiger partial charge is 0.497 e. The first kappa shape index (κ1) is 14.9. The summed E-state index contributed by atoms with van der Waals surface area (Å²) in [4.78, 5) is 35.8. The van der Waals surface area contributed by atoms with Gasteiger partial charge in [0.05, 0.1) is 12.8 Å². The molecule has 21 heavy (non-hydrogen) atoms. The molecule has 2 N–H and O–H groups in total. The van der Waals surface area contributed by atoms with Crippen LogP contribution >= 0.6 is 0 Å². The second kappa shape index (κ2) is 5.49. The Labute approximate surface area is 119 Å². The molecule has 1 heterocycles. The van der Waals surface area contributed by atoms with Crippen molar-refractivity contribution in [2.24, 2.45) is 5.92 Å². The van der Waals surface area contributed by atoms with Crippen molar-refractivity contribution in [3.8, 4) is 5.75 Å². The van der Waals surface area contributed by atoms with E-state index in [1.54, 1.807) is 0 Å². The van der Waals surface area contributed by atoms with E-state index in [-0.39, 0.29) is 11.4 Å². The molecule has 3 amide bonds. The number of likely N-dealkylation sites (N-methyl/N-ethyl adjacent to an activating group) is 1. The van der Waals surface area contributed by atoms with Gasteiger partial charge in [0.2, 0.25) is 11.8 Å². The van der Waals surface area contributed by atoms with E-state index in [1.165, 1.54) is 19.2 Å². The van der Waals surface area contributed by atoms with Crippen molar-refractivity contribution in [2.75, 3.05) is 19.5 Å². The van der Waals surface area contributed by atoms with Crippen molar-refractivity contribution in [1.82, 2.24) is 4.90 Å². The summed E-state index contributed by atoms with van der Waals surface area (Å²) >= 11 is 0. The number of hydrogen-bond donors (Lipinski definition) is 2. The molecule has 2 rings (SSSR count). The van der Waals surface area contributed by atoms with Gasteiger partial charge in [-0.2, -0.15) is 0 Å². The fraction of sp³-hybridized carbons (Fsp3) is 0.308. The number of methoxy groups -OCH3 is 1. The Morgan fingerprint density at radius 1 is 1.38 bits per heavy atom. The number of halogens is 1. The molecular weight excluding hydrogens is 283 g/mol. The fourth-order valence-corrected chi connectivity index (χ4v) is 1.98. The lowest BCUT2D eigenvalue weighted by Gasteiger charge is -2.12. The number of benzene rings is 1. The number of carbonyl (C=O) groups is 3. The van der Waals surface area contributed by atoms with Crippen molar-refractivity contribution in [2.45, 2.75) is 6.10 Å². The summed E-state index contributed by atoms with van der Waals surface area (Å²) in [5.41, 5.74) is -0.178. The Balaban J connectivity index is 2.19. The van der Waals surface area contributed by atoms with Crippen LogP contribution in [-0.4, -0.2) is 48.0 Å². The third-order valence-corrected chi connectivity index (χ3v) is 3.21. The number of ether oxygens (including phenoxy) is 1. The summed E-state index contributed by atoms with van der Waals surface area (Å²) in [6.07, 6.45) is -1.76. The maximum Gasteiger partial charge on any atom is 0.259 e. The number of rotatable bonds is 3. The summed E-state index contributed by atoms with van der Waals surface area (Å²) < 4.78 is 18.5. The zero-order chi connectivity index (χ0) is 15.7. The monoisotopic (exact) mass is 296 g/mol. The van der Waals surface area contributed by atoms with Gasteiger partial charge < -0.3 is 15.2 Å². The van der Waals surface area contributed by atoms with Crippen LogP contribution in [0.25, 0.3) is 0 Å². The highest BCUT2D eigenvalue weighted by Crippen LogP contribution is 2.24.